The molecule has 148 valence electrons. The van der Waals surface area contributed by atoms with Gasteiger partial charge in [-0.15, -0.1) is 0 Å². The van der Waals surface area contributed by atoms with E-state index in [1.807, 2.05) is 45.0 Å². The molecule has 0 aliphatic rings. The molecule has 0 radical (unpaired) electrons. The first-order valence-electron chi connectivity index (χ1n) is 9.61. The van der Waals surface area contributed by atoms with E-state index in [0.29, 0.717) is 19.1 Å². The van der Waals surface area contributed by atoms with Crippen LogP contribution in [0.5, 0.6) is 5.75 Å². The van der Waals surface area contributed by atoms with Crippen LogP contribution in [0.4, 0.5) is 0 Å². The number of benzene rings is 1. The molecule has 0 amide bonds. The molecule has 6 nitrogen and oxygen atoms in total. The van der Waals surface area contributed by atoms with Gasteiger partial charge in [0, 0.05) is 19.7 Å². The maximum absolute atomic E-state index is 10.4. The minimum absolute atomic E-state index is 0.101. The molecule has 3 N–H and O–H groups in total. The summed E-state index contributed by atoms with van der Waals surface area (Å²) in [5.74, 6) is 1.44. The standard InChI is InChI=1S/C20H35N3O3/c1-5-7-12-25-13-11-22-20(21-6-2)23-15-19(24)17-9-8-10-18(14-17)26-16(3)4/h8-10,14,16,19,24H,5-7,11-13,15H2,1-4H3,(H2,21,22,23). The van der Waals surface area contributed by atoms with Crippen LogP contribution < -0.4 is 15.4 Å². The fourth-order valence-corrected chi connectivity index (χ4v) is 2.28. The zero-order valence-corrected chi connectivity index (χ0v) is 16.6. The number of unbranched alkanes of at least 4 members (excludes halogenated alkanes) is 1. The smallest absolute Gasteiger partial charge is 0.191 e. The van der Waals surface area contributed by atoms with Crippen molar-refractivity contribution in [2.24, 2.45) is 4.99 Å². The minimum Gasteiger partial charge on any atom is -0.491 e. The lowest BCUT2D eigenvalue weighted by Gasteiger charge is -2.15. The number of guanidine groups is 1. The average Bonchev–Trinajstić information content (AvgIpc) is 2.61. The Kier molecular flexibility index (Phi) is 11.5. The van der Waals surface area contributed by atoms with Gasteiger partial charge in [0.15, 0.2) is 5.96 Å². The summed E-state index contributed by atoms with van der Waals surface area (Å²) < 4.78 is 11.2. The predicted octanol–water partition coefficient (Wildman–Crippen LogP) is 2.88. The van der Waals surface area contributed by atoms with Gasteiger partial charge in [-0.2, -0.15) is 0 Å². The average molecular weight is 366 g/mol. The number of hydrogen-bond donors (Lipinski definition) is 3. The highest BCUT2D eigenvalue weighted by atomic mass is 16.5. The Morgan fingerprint density at radius 2 is 2.00 bits per heavy atom. The van der Waals surface area contributed by atoms with Gasteiger partial charge in [-0.1, -0.05) is 25.5 Å². The first-order chi connectivity index (χ1) is 12.6. The number of aliphatic hydroxyl groups excluding tert-OH is 1. The lowest BCUT2D eigenvalue weighted by Crippen LogP contribution is -2.39. The highest BCUT2D eigenvalue weighted by molar-refractivity contribution is 5.79. The van der Waals surface area contributed by atoms with E-state index < -0.39 is 6.10 Å². The van der Waals surface area contributed by atoms with E-state index in [4.69, 9.17) is 9.47 Å². The Labute approximate surface area is 158 Å². The Balaban J connectivity index is 2.51. The zero-order valence-electron chi connectivity index (χ0n) is 16.6. The third kappa shape index (κ3) is 9.63. The highest BCUT2D eigenvalue weighted by Gasteiger charge is 2.09. The fourth-order valence-electron chi connectivity index (χ4n) is 2.28. The molecule has 0 aliphatic carbocycles. The summed E-state index contributed by atoms with van der Waals surface area (Å²) >= 11 is 0. The molecular formula is C20H35N3O3. The molecule has 0 heterocycles. The number of hydrogen-bond acceptors (Lipinski definition) is 4. The van der Waals surface area contributed by atoms with Crippen LogP contribution in [0.25, 0.3) is 0 Å². The number of aliphatic imine (C=N–C) groups is 1. The van der Waals surface area contributed by atoms with Crippen LogP contribution in [-0.4, -0.2) is 50.0 Å². The van der Waals surface area contributed by atoms with Gasteiger partial charge in [0.25, 0.3) is 0 Å². The van der Waals surface area contributed by atoms with E-state index in [0.717, 1.165) is 37.3 Å². The summed E-state index contributed by atoms with van der Waals surface area (Å²) in [6.45, 7) is 11.3. The predicted molar refractivity (Wildman–Crippen MR) is 107 cm³/mol. The van der Waals surface area contributed by atoms with Gasteiger partial charge in [0.1, 0.15) is 5.75 Å². The molecule has 0 aliphatic heterocycles. The van der Waals surface area contributed by atoms with Crippen molar-refractivity contribution < 1.29 is 14.6 Å². The van der Waals surface area contributed by atoms with E-state index in [1.165, 1.54) is 0 Å². The third-order valence-corrected chi connectivity index (χ3v) is 3.56. The first-order valence-corrected chi connectivity index (χ1v) is 9.61. The van der Waals surface area contributed by atoms with Crippen molar-refractivity contribution in [1.29, 1.82) is 0 Å². The van der Waals surface area contributed by atoms with Gasteiger partial charge >= 0.3 is 0 Å². The summed E-state index contributed by atoms with van der Waals surface area (Å²) in [5, 5.41) is 16.8. The number of nitrogens with zero attached hydrogens (tertiary/aromatic N) is 1. The van der Waals surface area contributed by atoms with Crippen molar-refractivity contribution in [3.05, 3.63) is 29.8 Å². The largest absolute Gasteiger partial charge is 0.491 e. The monoisotopic (exact) mass is 365 g/mol. The molecule has 1 rings (SSSR count). The van der Waals surface area contributed by atoms with Gasteiger partial charge in [-0.3, -0.25) is 4.99 Å². The lowest BCUT2D eigenvalue weighted by molar-refractivity contribution is 0.136. The zero-order chi connectivity index (χ0) is 19.2. The SMILES string of the molecule is CCCCOCCNC(=NCC(O)c1cccc(OC(C)C)c1)NCC. The maximum atomic E-state index is 10.4. The van der Waals surface area contributed by atoms with E-state index >= 15 is 0 Å². The van der Waals surface area contributed by atoms with E-state index in [9.17, 15) is 5.11 Å². The number of ether oxygens (including phenoxy) is 2. The second kappa shape index (κ2) is 13.4. The third-order valence-electron chi connectivity index (χ3n) is 3.56. The van der Waals surface area contributed by atoms with Crippen molar-refractivity contribution in [2.45, 2.75) is 52.7 Å². The Morgan fingerprint density at radius 3 is 2.69 bits per heavy atom. The lowest BCUT2D eigenvalue weighted by atomic mass is 10.1. The topological polar surface area (TPSA) is 75.1 Å². The molecule has 1 unspecified atom stereocenters. The quantitative estimate of drug-likeness (QED) is 0.302. The van der Waals surface area contributed by atoms with E-state index in [2.05, 4.69) is 22.5 Å². The molecule has 0 aromatic heterocycles. The van der Waals surface area contributed by atoms with Crippen LogP contribution in [0, 0.1) is 0 Å². The summed E-state index contributed by atoms with van der Waals surface area (Å²) in [5.41, 5.74) is 0.797. The summed E-state index contributed by atoms with van der Waals surface area (Å²) in [7, 11) is 0. The molecule has 6 heteroatoms. The van der Waals surface area contributed by atoms with E-state index in [1.54, 1.807) is 0 Å². The van der Waals surface area contributed by atoms with Crippen LogP contribution in [0.1, 0.15) is 52.2 Å². The van der Waals surface area contributed by atoms with Crippen molar-refractivity contribution in [2.75, 3.05) is 32.8 Å². The number of nitrogens with one attached hydrogen (secondary N) is 2. The van der Waals surface area contributed by atoms with Crippen LogP contribution in [0.15, 0.2) is 29.3 Å². The van der Waals surface area contributed by atoms with Crippen molar-refractivity contribution in [3.8, 4) is 5.75 Å². The van der Waals surface area contributed by atoms with Gasteiger partial charge in [0.05, 0.1) is 25.4 Å². The second-order valence-corrected chi connectivity index (χ2v) is 6.37. The molecule has 1 aromatic carbocycles. The maximum Gasteiger partial charge on any atom is 0.191 e. The molecule has 0 bridgehead atoms. The molecule has 0 spiro atoms. The van der Waals surface area contributed by atoms with Gasteiger partial charge in [-0.25, -0.2) is 0 Å². The molecule has 0 saturated heterocycles. The fraction of sp³-hybridized carbons (Fsp3) is 0.650. The Bertz CT molecular complexity index is 521. The molecule has 26 heavy (non-hydrogen) atoms. The van der Waals surface area contributed by atoms with Crippen molar-refractivity contribution in [3.63, 3.8) is 0 Å². The normalized spacial score (nSPS) is 12.9. The summed E-state index contributed by atoms with van der Waals surface area (Å²) in [6.07, 6.45) is 1.64. The van der Waals surface area contributed by atoms with Gasteiger partial charge in [-0.05, 0) is 44.9 Å². The summed E-state index contributed by atoms with van der Waals surface area (Å²) in [6, 6.07) is 7.53. The highest BCUT2D eigenvalue weighted by Crippen LogP contribution is 2.20. The number of rotatable bonds is 12. The Morgan fingerprint density at radius 1 is 1.19 bits per heavy atom. The van der Waals surface area contributed by atoms with E-state index in [-0.39, 0.29) is 12.6 Å². The first kappa shape index (κ1) is 22.3. The van der Waals surface area contributed by atoms with Gasteiger partial charge < -0.3 is 25.2 Å². The van der Waals surface area contributed by atoms with Crippen molar-refractivity contribution in [1.82, 2.24) is 10.6 Å². The molecule has 0 fully saturated rings. The molecule has 1 aromatic rings. The Hall–Kier alpha value is -1.79. The van der Waals surface area contributed by atoms with Crippen LogP contribution in [-0.2, 0) is 4.74 Å². The van der Waals surface area contributed by atoms with Crippen molar-refractivity contribution >= 4 is 5.96 Å². The summed E-state index contributed by atoms with van der Waals surface area (Å²) in [4.78, 5) is 4.46. The van der Waals surface area contributed by atoms with Gasteiger partial charge in [0.2, 0.25) is 0 Å². The molecular weight excluding hydrogens is 330 g/mol. The molecule has 0 saturated carbocycles. The second-order valence-electron chi connectivity index (χ2n) is 6.37. The van der Waals surface area contributed by atoms with Crippen LogP contribution in [0.3, 0.4) is 0 Å². The van der Waals surface area contributed by atoms with Crippen LogP contribution >= 0.6 is 0 Å². The number of aliphatic hydroxyl groups is 1. The van der Waals surface area contributed by atoms with Crippen LogP contribution in [0.2, 0.25) is 0 Å². The minimum atomic E-state index is -0.679. The molecule has 1 atom stereocenters.